The molecule has 4 rings (SSSR count). The fourth-order valence-electron chi connectivity index (χ4n) is 3.98. The number of nitrogens with one attached hydrogen (secondary N) is 1. The quantitative estimate of drug-likeness (QED) is 0.772. The third-order valence-electron chi connectivity index (χ3n) is 5.33. The van der Waals surface area contributed by atoms with E-state index in [1.807, 2.05) is 11.6 Å². The number of para-hydroxylation sites is 1. The first kappa shape index (κ1) is 15.7. The zero-order chi connectivity index (χ0) is 16.7. The molecule has 0 amide bonds. The molecule has 1 aliphatic rings. The number of halogens is 1. The molecule has 3 heterocycles. The fraction of sp³-hybridized carbons (Fsp3) is 0.421. The molecule has 24 heavy (non-hydrogen) atoms. The molecule has 4 nitrogen and oxygen atoms in total. The van der Waals surface area contributed by atoms with Crippen molar-refractivity contribution < 1.29 is 0 Å². The van der Waals surface area contributed by atoms with Gasteiger partial charge >= 0.3 is 0 Å². The van der Waals surface area contributed by atoms with Gasteiger partial charge in [0.1, 0.15) is 11.0 Å². The van der Waals surface area contributed by atoms with Gasteiger partial charge in [0, 0.05) is 23.6 Å². The lowest BCUT2D eigenvalue weighted by Crippen LogP contribution is -2.33. The van der Waals surface area contributed by atoms with Crippen LogP contribution in [-0.2, 0) is 13.6 Å². The summed E-state index contributed by atoms with van der Waals surface area (Å²) in [7, 11) is 1.98. The average molecular weight is 343 g/mol. The molecule has 0 spiro atoms. The Kier molecular flexibility index (Phi) is 4.10. The van der Waals surface area contributed by atoms with Gasteiger partial charge in [-0.2, -0.15) is 0 Å². The van der Waals surface area contributed by atoms with Crippen molar-refractivity contribution in [2.45, 2.75) is 32.2 Å². The van der Waals surface area contributed by atoms with Crippen molar-refractivity contribution in [1.82, 2.24) is 19.4 Å². The van der Waals surface area contributed by atoms with Gasteiger partial charge in [-0.3, -0.25) is 4.90 Å². The van der Waals surface area contributed by atoms with Crippen LogP contribution in [-0.4, -0.2) is 32.5 Å². The molecule has 3 aromatic rings. The fourth-order valence-corrected chi connectivity index (χ4v) is 4.12. The molecular weight excluding hydrogens is 320 g/mol. The number of likely N-dealkylation sites (tertiary alicyclic amines) is 1. The number of aromatic nitrogens is 3. The van der Waals surface area contributed by atoms with Crippen molar-refractivity contribution in [2.75, 3.05) is 13.1 Å². The van der Waals surface area contributed by atoms with Gasteiger partial charge in [0.25, 0.3) is 0 Å². The summed E-state index contributed by atoms with van der Waals surface area (Å²) >= 11 is 6.09. The second-order valence-corrected chi connectivity index (χ2v) is 7.20. The maximum Gasteiger partial charge on any atom is 0.128 e. The predicted molar refractivity (Wildman–Crippen MR) is 98.5 cm³/mol. The number of hydrogen-bond donors (Lipinski definition) is 1. The van der Waals surface area contributed by atoms with Crippen LogP contribution in [0.1, 0.15) is 35.8 Å². The van der Waals surface area contributed by atoms with Gasteiger partial charge < -0.3 is 9.55 Å². The van der Waals surface area contributed by atoms with Crippen molar-refractivity contribution in [2.24, 2.45) is 7.05 Å². The van der Waals surface area contributed by atoms with Crippen LogP contribution in [0.3, 0.4) is 0 Å². The van der Waals surface area contributed by atoms with E-state index in [1.165, 1.54) is 35.0 Å². The number of fused-ring (bicyclic) bond motifs is 1. The minimum atomic E-state index is 0.641. The zero-order valence-corrected chi connectivity index (χ0v) is 15.0. The number of rotatable bonds is 3. The SMILES string of the molecule is Cc1[nH]c2ccccc2c1C1CCN(Cc2ncc(Cl)n2C)CC1. The van der Waals surface area contributed by atoms with E-state index in [0.717, 1.165) is 25.5 Å². The molecule has 1 fully saturated rings. The Balaban J connectivity index is 1.48. The van der Waals surface area contributed by atoms with Crippen molar-refractivity contribution in [1.29, 1.82) is 0 Å². The zero-order valence-electron chi connectivity index (χ0n) is 14.2. The highest BCUT2D eigenvalue weighted by atomic mass is 35.5. The molecule has 1 N–H and O–H groups in total. The Bertz CT molecular complexity index is 856. The van der Waals surface area contributed by atoms with Crippen LogP contribution >= 0.6 is 11.6 Å². The molecule has 126 valence electrons. The van der Waals surface area contributed by atoms with Crippen LogP contribution in [0.15, 0.2) is 30.5 Å². The molecule has 0 unspecified atom stereocenters. The topological polar surface area (TPSA) is 36.9 Å². The molecule has 1 saturated heterocycles. The van der Waals surface area contributed by atoms with Crippen LogP contribution in [0.2, 0.25) is 5.15 Å². The molecule has 0 atom stereocenters. The summed E-state index contributed by atoms with van der Waals surface area (Å²) in [5.74, 6) is 1.68. The number of aryl methyl sites for hydroxylation is 1. The highest BCUT2D eigenvalue weighted by molar-refractivity contribution is 6.29. The van der Waals surface area contributed by atoms with Crippen molar-refractivity contribution in [3.05, 3.63) is 52.7 Å². The molecule has 5 heteroatoms. The summed E-state index contributed by atoms with van der Waals surface area (Å²) < 4.78 is 1.97. The third kappa shape index (κ3) is 2.74. The summed E-state index contributed by atoms with van der Waals surface area (Å²) in [5, 5.41) is 2.10. The van der Waals surface area contributed by atoms with Crippen molar-refractivity contribution in [3.63, 3.8) is 0 Å². The molecule has 0 saturated carbocycles. The molecular formula is C19H23ClN4. The summed E-state index contributed by atoms with van der Waals surface area (Å²) in [4.78, 5) is 10.4. The minimum absolute atomic E-state index is 0.641. The maximum absolute atomic E-state index is 6.09. The van der Waals surface area contributed by atoms with E-state index >= 15 is 0 Å². The van der Waals surface area contributed by atoms with Gasteiger partial charge in [-0.15, -0.1) is 0 Å². The van der Waals surface area contributed by atoms with Crippen LogP contribution in [0.5, 0.6) is 0 Å². The number of piperidine rings is 1. The number of H-pyrrole nitrogens is 1. The number of hydrogen-bond acceptors (Lipinski definition) is 2. The highest BCUT2D eigenvalue weighted by Crippen LogP contribution is 2.35. The van der Waals surface area contributed by atoms with Gasteiger partial charge in [-0.05, 0) is 50.4 Å². The number of imidazole rings is 1. The van der Waals surface area contributed by atoms with Gasteiger partial charge in [0.05, 0.1) is 12.7 Å². The Morgan fingerprint density at radius 1 is 1.25 bits per heavy atom. The second kappa shape index (κ2) is 6.26. The molecule has 0 radical (unpaired) electrons. The Labute approximate surface area is 147 Å². The summed E-state index contributed by atoms with van der Waals surface area (Å²) in [6.45, 7) is 5.29. The Hall–Kier alpha value is -1.78. The number of nitrogens with zero attached hydrogens (tertiary/aromatic N) is 3. The van der Waals surface area contributed by atoms with E-state index in [-0.39, 0.29) is 0 Å². The summed E-state index contributed by atoms with van der Waals surface area (Å²) in [6.07, 6.45) is 4.13. The van der Waals surface area contributed by atoms with E-state index in [0.29, 0.717) is 11.1 Å². The van der Waals surface area contributed by atoms with Gasteiger partial charge in [-0.25, -0.2) is 4.98 Å². The van der Waals surface area contributed by atoms with Crippen LogP contribution in [0.25, 0.3) is 10.9 Å². The Morgan fingerprint density at radius 2 is 2.00 bits per heavy atom. The van der Waals surface area contributed by atoms with E-state index in [9.17, 15) is 0 Å². The minimum Gasteiger partial charge on any atom is -0.358 e. The normalized spacial score (nSPS) is 17.0. The van der Waals surface area contributed by atoms with E-state index < -0.39 is 0 Å². The molecule has 0 aliphatic carbocycles. The number of aromatic amines is 1. The van der Waals surface area contributed by atoms with Gasteiger partial charge in [-0.1, -0.05) is 29.8 Å². The molecule has 2 aromatic heterocycles. The Morgan fingerprint density at radius 3 is 2.71 bits per heavy atom. The first-order valence-electron chi connectivity index (χ1n) is 8.59. The first-order chi connectivity index (χ1) is 11.6. The standard InChI is InChI=1S/C19H23ClN4/c1-13-19(15-5-3-4-6-16(15)22-13)14-7-9-24(10-8-14)12-18-21-11-17(20)23(18)2/h3-6,11,14,22H,7-10,12H2,1-2H3. The number of benzene rings is 1. The lowest BCUT2D eigenvalue weighted by Gasteiger charge is -2.32. The smallest absolute Gasteiger partial charge is 0.128 e. The summed E-state index contributed by atoms with van der Waals surface area (Å²) in [6, 6.07) is 8.66. The monoisotopic (exact) mass is 342 g/mol. The van der Waals surface area contributed by atoms with Gasteiger partial charge in [0.2, 0.25) is 0 Å². The van der Waals surface area contributed by atoms with E-state index in [4.69, 9.17) is 11.6 Å². The highest BCUT2D eigenvalue weighted by Gasteiger charge is 2.25. The van der Waals surface area contributed by atoms with Crippen LogP contribution in [0.4, 0.5) is 0 Å². The molecule has 1 aromatic carbocycles. The van der Waals surface area contributed by atoms with E-state index in [2.05, 4.69) is 46.1 Å². The summed E-state index contributed by atoms with van der Waals surface area (Å²) in [5.41, 5.74) is 4.10. The third-order valence-corrected chi connectivity index (χ3v) is 5.68. The van der Waals surface area contributed by atoms with Crippen molar-refractivity contribution in [3.8, 4) is 0 Å². The first-order valence-corrected chi connectivity index (χ1v) is 8.97. The van der Waals surface area contributed by atoms with Crippen LogP contribution in [0, 0.1) is 6.92 Å². The van der Waals surface area contributed by atoms with Crippen LogP contribution < -0.4 is 0 Å². The molecule has 0 bridgehead atoms. The maximum atomic E-state index is 6.09. The van der Waals surface area contributed by atoms with Gasteiger partial charge in [0.15, 0.2) is 0 Å². The lowest BCUT2D eigenvalue weighted by molar-refractivity contribution is 0.199. The average Bonchev–Trinajstić information content (AvgIpc) is 3.09. The largest absolute Gasteiger partial charge is 0.358 e. The second-order valence-electron chi connectivity index (χ2n) is 6.82. The predicted octanol–water partition coefficient (Wildman–Crippen LogP) is 4.24. The van der Waals surface area contributed by atoms with E-state index in [1.54, 1.807) is 6.20 Å². The van der Waals surface area contributed by atoms with Crippen molar-refractivity contribution >= 4 is 22.5 Å². The lowest BCUT2D eigenvalue weighted by atomic mass is 9.87. The molecule has 1 aliphatic heterocycles.